The van der Waals surface area contributed by atoms with Crippen LogP contribution in [0, 0.1) is 0 Å². The van der Waals surface area contributed by atoms with E-state index in [0.717, 1.165) is 62.9 Å². The van der Waals surface area contributed by atoms with Crippen LogP contribution in [-0.4, -0.2) is 98.5 Å². The maximum absolute atomic E-state index is 12.7. The molecule has 0 spiro atoms. The van der Waals surface area contributed by atoms with Crippen molar-refractivity contribution in [3.63, 3.8) is 0 Å². The summed E-state index contributed by atoms with van der Waals surface area (Å²) in [5, 5.41) is 3.68. The maximum atomic E-state index is 12.7. The van der Waals surface area contributed by atoms with Crippen LogP contribution in [0.4, 0.5) is 5.69 Å². The normalized spacial score (nSPS) is 18.7. The van der Waals surface area contributed by atoms with Gasteiger partial charge in [0.2, 0.25) is 11.8 Å². The van der Waals surface area contributed by atoms with Gasteiger partial charge in [0, 0.05) is 58.9 Å². The molecule has 2 amide bonds. The zero-order valence-electron chi connectivity index (χ0n) is 17.3. The molecule has 0 saturated carbocycles. The Hall–Kier alpha value is -1.83. The average Bonchev–Trinajstić information content (AvgIpc) is 2.74. The highest BCUT2D eigenvalue weighted by molar-refractivity contribution is 6.33. The van der Waals surface area contributed by atoms with E-state index >= 15 is 0 Å². The predicted molar refractivity (Wildman–Crippen MR) is 116 cm³/mol. The Morgan fingerprint density at radius 2 is 1.55 bits per heavy atom. The van der Waals surface area contributed by atoms with E-state index in [4.69, 9.17) is 11.6 Å². The summed E-state index contributed by atoms with van der Waals surface area (Å²) in [6, 6.07) is 7.91. The van der Waals surface area contributed by atoms with Crippen molar-refractivity contribution in [2.75, 3.05) is 76.9 Å². The number of hydrogen-bond acceptors (Lipinski definition) is 5. The van der Waals surface area contributed by atoms with Gasteiger partial charge in [-0.25, -0.2) is 0 Å². The van der Waals surface area contributed by atoms with E-state index in [2.05, 4.69) is 20.0 Å². The summed E-state index contributed by atoms with van der Waals surface area (Å²) < 4.78 is 0. The molecule has 7 nitrogen and oxygen atoms in total. The van der Waals surface area contributed by atoms with Crippen LogP contribution >= 0.6 is 11.6 Å². The number of nitrogens with one attached hydrogen (secondary N) is 1. The first kappa shape index (κ1) is 21.9. The molecule has 8 heteroatoms. The summed E-state index contributed by atoms with van der Waals surface area (Å²) in [4.78, 5) is 33.1. The van der Waals surface area contributed by atoms with Crippen LogP contribution in [-0.2, 0) is 9.59 Å². The number of amides is 2. The van der Waals surface area contributed by atoms with Crippen molar-refractivity contribution in [3.8, 4) is 0 Å². The Labute approximate surface area is 178 Å². The lowest BCUT2D eigenvalue weighted by Gasteiger charge is -2.38. The number of anilines is 1. The third kappa shape index (κ3) is 6.32. The Morgan fingerprint density at radius 1 is 0.931 bits per heavy atom. The Balaban J connectivity index is 1.37. The van der Waals surface area contributed by atoms with Gasteiger partial charge < -0.3 is 15.1 Å². The van der Waals surface area contributed by atoms with E-state index in [-0.39, 0.29) is 11.8 Å². The van der Waals surface area contributed by atoms with E-state index in [1.165, 1.54) is 0 Å². The topological polar surface area (TPSA) is 59.1 Å². The average molecular weight is 422 g/mol. The van der Waals surface area contributed by atoms with Gasteiger partial charge in [0.05, 0.1) is 23.8 Å². The fourth-order valence-electron chi connectivity index (χ4n) is 3.83. The van der Waals surface area contributed by atoms with Crippen molar-refractivity contribution in [1.82, 2.24) is 20.0 Å². The summed E-state index contributed by atoms with van der Waals surface area (Å²) in [7, 11) is 0. The first-order chi connectivity index (χ1) is 14.1. The molecule has 0 radical (unpaired) electrons. The van der Waals surface area contributed by atoms with Gasteiger partial charge in [-0.1, -0.05) is 30.7 Å². The minimum Gasteiger partial charge on any atom is -0.368 e. The third-order valence-corrected chi connectivity index (χ3v) is 5.91. The molecule has 0 aliphatic carbocycles. The zero-order valence-corrected chi connectivity index (χ0v) is 18.0. The molecule has 3 rings (SSSR count). The zero-order chi connectivity index (χ0) is 20.6. The number of hydrogen-bond donors (Lipinski definition) is 1. The Morgan fingerprint density at radius 3 is 2.21 bits per heavy atom. The van der Waals surface area contributed by atoms with Gasteiger partial charge in [-0.05, 0) is 18.6 Å². The highest BCUT2D eigenvalue weighted by Gasteiger charge is 2.25. The van der Waals surface area contributed by atoms with E-state index < -0.39 is 0 Å². The number of piperazine rings is 2. The lowest BCUT2D eigenvalue weighted by molar-refractivity contribution is -0.134. The molecular weight excluding hydrogens is 390 g/mol. The SMILES string of the molecule is CCCNC(=O)CN1CCN(C(=O)CN2CCN(c3ccccc3Cl)CC2)CC1. The maximum Gasteiger partial charge on any atom is 0.236 e. The Bertz CT molecular complexity index is 685. The van der Waals surface area contributed by atoms with Crippen LogP contribution in [0.1, 0.15) is 13.3 Å². The number of carbonyl (C=O) groups excluding carboxylic acids is 2. The Kier molecular flexibility index (Phi) is 8.15. The monoisotopic (exact) mass is 421 g/mol. The van der Waals surface area contributed by atoms with Gasteiger partial charge in [0.1, 0.15) is 0 Å². The second kappa shape index (κ2) is 10.8. The molecule has 0 atom stereocenters. The van der Waals surface area contributed by atoms with Crippen LogP contribution in [0.15, 0.2) is 24.3 Å². The van der Waals surface area contributed by atoms with Gasteiger partial charge in [-0.3, -0.25) is 19.4 Å². The molecule has 0 unspecified atom stereocenters. The molecular formula is C21H32ClN5O2. The molecule has 2 heterocycles. The quantitative estimate of drug-likeness (QED) is 0.715. The summed E-state index contributed by atoms with van der Waals surface area (Å²) >= 11 is 6.30. The molecule has 0 bridgehead atoms. The van der Waals surface area contributed by atoms with Gasteiger partial charge in [0.15, 0.2) is 0 Å². The van der Waals surface area contributed by atoms with Gasteiger partial charge >= 0.3 is 0 Å². The van der Waals surface area contributed by atoms with Crippen LogP contribution in [0.3, 0.4) is 0 Å². The minimum atomic E-state index is 0.0722. The smallest absolute Gasteiger partial charge is 0.236 e. The summed E-state index contributed by atoms with van der Waals surface area (Å²) in [5.41, 5.74) is 1.07. The second-order valence-corrected chi connectivity index (χ2v) is 8.13. The van der Waals surface area contributed by atoms with Gasteiger partial charge in [0.25, 0.3) is 0 Å². The van der Waals surface area contributed by atoms with Crippen LogP contribution in [0.25, 0.3) is 0 Å². The summed E-state index contributed by atoms with van der Waals surface area (Å²) in [5.74, 6) is 0.259. The highest BCUT2D eigenvalue weighted by atomic mass is 35.5. The van der Waals surface area contributed by atoms with Crippen LogP contribution in [0.5, 0.6) is 0 Å². The van der Waals surface area contributed by atoms with Crippen molar-refractivity contribution >= 4 is 29.1 Å². The first-order valence-electron chi connectivity index (χ1n) is 10.6. The molecule has 160 valence electrons. The van der Waals surface area contributed by atoms with Crippen LogP contribution < -0.4 is 10.2 Å². The van der Waals surface area contributed by atoms with Crippen molar-refractivity contribution in [3.05, 3.63) is 29.3 Å². The van der Waals surface area contributed by atoms with Gasteiger partial charge in [-0.2, -0.15) is 0 Å². The van der Waals surface area contributed by atoms with Crippen molar-refractivity contribution in [2.45, 2.75) is 13.3 Å². The van der Waals surface area contributed by atoms with E-state index in [0.29, 0.717) is 26.2 Å². The minimum absolute atomic E-state index is 0.0722. The molecule has 2 fully saturated rings. The highest BCUT2D eigenvalue weighted by Crippen LogP contribution is 2.26. The summed E-state index contributed by atoms with van der Waals surface area (Å²) in [6.07, 6.45) is 0.945. The number of halogens is 1. The molecule has 0 aromatic heterocycles. The number of para-hydroxylation sites is 1. The lowest BCUT2D eigenvalue weighted by Crippen LogP contribution is -2.54. The fourth-order valence-corrected chi connectivity index (χ4v) is 4.08. The van der Waals surface area contributed by atoms with Gasteiger partial charge in [-0.15, -0.1) is 0 Å². The molecule has 1 N–H and O–H groups in total. The van der Waals surface area contributed by atoms with Crippen molar-refractivity contribution in [2.24, 2.45) is 0 Å². The van der Waals surface area contributed by atoms with E-state index in [9.17, 15) is 9.59 Å². The molecule has 1 aromatic rings. The predicted octanol–water partition coefficient (Wildman–Crippen LogP) is 1.13. The third-order valence-electron chi connectivity index (χ3n) is 5.59. The van der Waals surface area contributed by atoms with E-state index in [1.807, 2.05) is 36.1 Å². The van der Waals surface area contributed by atoms with Crippen LogP contribution in [0.2, 0.25) is 5.02 Å². The largest absolute Gasteiger partial charge is 0.368 e. The second-order valence-electron chi connectivity index (χ2n) is 7.72. The molecule has 1 aromatic carbocycles. The molecule has 2 aliphatic rings. The standard InChI is InChI=1S/C21H32ClN5O2/c1-2-7-23-20(28)16-24-10-14-27(15-11-24)21(29)17-25-8-12-26(13-9-25)19-6-4-3-5-18(19)22/h3-6H,2,7-17H2,1H3,(H,23,28). The van der Waals surface area contributed by atoms with Crippen molar-refractivity contribution < 1.29 is 9.59 Å². The fraction of sp³-hybridized carbons (Fsp3) is 0.619. The lowest BCUT2D eigenvalue weighted by atomic mass is 10.2. The number of benzene rings is 1. The number of rotatable bonds is 7. The van der Waals surface area contributed by atoms with Crippen molar-refractivity contribution in [1.29, 1.82) is 0 Å². The van der Waals surface area contributed by atoms with E-state index in [1.54, 1.807) is 0 Å². The number of carbonyl (C=O) groups is 2. The first-order valence-corrected chi connectivity index (χ1v) is 10.9. The molecule has 2 aliphatic heterocycles. The number of nitrogens with zero attached hydrogens (tertiary/aromatic N) is 4. The molecule has 29 heavy (non-hydrogen) atoms. The summed E-state index contributed by atoms with van der Waals surface area (Å²) in [6.45, 7) is 10.0. The molecule has 2 saturated heterocycles.